The van der Waals surface area contributed by atoms with Crippen LogP contribution in [0, 0.1) is 0 Å². The van der Waals surface area contributed by atoms with E-state index in [1.807, 2.05) is 0 Å². The van der Waals surface area contributed by atoms with Crippen LogP contribution in [0.3, 0.4) is 0 Å². The van der Waals surface area contributed by atoms with Crippen molar-refractivity contribution in [3.8, 4) is 0 Å². The minimum atomic E-state index is -4.79. The van der Waals surface area contributed by atoms with Crippen LogP contribution in [-0.2, 0) is 20.5 Å². The molecule has 0 aromatic carbocycles. The van der Waals surface area contributed by atoms with Gasteiger partial charge >= 0.3 is 7.82 Å². The SMILES string of the molecule is O=c1[nH]c(CF)nc2c1ncn2C1OC(COP(=O)(O)O)C(O)C1O. The van der Waals surface area contributed by atoms with Crippen LogP contribution in [0.2, 0.25) is 0 Å². The number of alkyl halides is 1. The summed E-state index contributed by atoms with van der Waals surface area (Å²) in [6, 6.07) is 0. The van der Waals surface area contributed by atoms with Crippen LogP contribution < -0.4 is 5.56 Å². The zero-order valence-corrected chi connectivity index (χ0v) is 13.3. The van der Waals surface area contributed by atoms with Gasteiger partial charge in [0.1, 0.15) is 30.8 Å². The van der Waals surface area contributed by atoms with E-state index in [1.165, 1.54) is 0 Å². The molecule has 0 saturated carbocycles. The second-order valence-electron chi connectivity index (χ2n) is 5.30. The first kappa shape index (κ1) is 18.1. The van der Waals surface area contributed by atoms with Crippen molar-refractivity contribution in [3.63, 3.8) is 0 Å². The van der Waals surface area contributed by atoms with E-state index in [4.69, 9.17) is 14.5 Å². The second kappa shape index (κ2) is 6.53. The van der Waals surface area contributed by atoms with Crippen LogP contribution in [0.5, 0.6) is 0 Å². The zero-order valence-electron chi connectivity index (χ0n) is 12.4. The topological polar surface area (TPSA) is 180 Å². The van der Waals surface area contributed by atoms with Crippen LogP contribution in [0.1, 0.15) is 12.1 Å². The molecule has 0 radical (unpaired) electrons. The Morgan fingerprint density at radius 2 is 2.12 bits per heavy atom. The van der Waals surface area contributed by atoms with Crippen LogP contribution in [0.25, 0.3) is 11.2 Å². The fourth-order valence-corrected chi connectivity index (χ4v) is 2.83. The van der Waals surface area contributed by atoms with Gasteiger partial charge in [0.25, 0.3) is 5.56 Å². The number of aromatic nitrogens is 4. The number of halogens is 1. The lowest BCUT2D eigenvalue weighted by molar-refractivity contribution is -0.0504. The number of aromatic amines is 1. The first-order valence-electron chi connectivity index (χ1n) is 6.94. The van der Waals surface area contributed by atoms with Gasteiger partial charge in [-0.25, -0.2) is 18.9 Å². The molecule has 4 unspecified atom stereocenters. The second-order valence-corrected chi connectivity index (χ2v) is 6.54. The molecule has 138 valence electrons. The third-order valence-corrected chi connectivity index (χ3v) is 4.11. The van der Waals surface area contributed by atoms with E-state index in [1.54, 1.807) is 0 Å². The average Bonchev–Trinajstić information content (AvgIpc) is 3.08. The molecule has 2 aromatic rings. The Morgan fingerprint density at radius 1 is 1.40 bits per heavy atom. The number of rotatable bonds is 5. The van der Waals surface area contributed by atoms with Crippen molar-refractivity contribution in [3.05, 3.63) is 22.5 Å². The maximum atomic E-state index is 12.8. The largest absolute Gasteiger partial charge is 0.469 e. The number of phosphoric acid groups is 1. The van der Waals surface area contributed by atoms with Gasteiger partial charge in [-0.3, -0.25) is 13.9 Å². The molecule has 1 aliphatic heterocycles. The standard InChI is InChI=1S/C11H14FN4O8P/c12-1-5-14-9-6(10(19)15-5)13-3-16(9)11-8(18)7(17)4(24-11)2-23-25(20,21)22/h3-4,7-8,11,17-18H,1-2H2,(H,14,15,19)(H2,20,21,22). The maximum Gasteiger partial charge on any atom is 0.469 e. The highest BCUT2D eigenvalue weighted by Crippen LogP contribution is 2.38. The fraction of sp³-hybridized carbons (Fsp3) is 0.545. The van der Waals surface area contributed by atoms with E-state index in [0.29, 0.717) is 0 Å². The molecule has 3 rings (SSSR count). The summed E-state index contributed by atoms with van der Waals surface area (Å²) >= 11 is 0. The lowest BCUT2D eigenvalue weighted by Crippen LogP contribution is -2.33. The van der Waals surface area contributed by atoms with E-state index < -0.39 is 51.2 Å². The van der Waals surface area contributed by atoms with Gasteiger partial charge in [-0.1, -0.05) is 0 Å². The number of aliphatic hydroxyl groups excluding tert-OH is 2. The van der Waals surface area contributed by atoms with Crippen molar-refractivity contribution in [2.45, 2.75) is 31.2 Å². The van der Waals surface area contributed by atoms with Crippen molar-refractivity contribution in [2.24, 2.45) is 0 Å². The normalized spacial score (nSPS) is 27.2. The highest BCUT2D eigenvalue weighted by molar-refractivity contribution is 7.46. The van der Waals surface area contributed by atoms with Crippen LogP contribution in [0.15, 0.2) is 11.1 Å². The summed E-state index contributed by atoms with van der Waals surface area (Å²) in [6.45, 7) is -1.72. The van der Waals surface area contributed by atoms with Crippen LogP contribution >= 0.6 is 7.82 Å². The number of nitrogens with zero attached hydrogens (tertiary/aromatic N) is 3. The molecule has 2 aromatic heterocycles. The first-order valence-corrected chi connectivity index (χ1v) is 8.47. The molecule has 0 aliphatic carbocycles. The molecule has 12 nitrogen and oxygen atoms in total. The summed E-state index contributed by atoms with van der Waals surface area (Å²) in [7, 11) is -4.79. The Bertz CT molecular complexity index is 881. The summed E-state index contributed by atoms with van der Waals surface area (Å²) in [5.74, 6) is -0.256. The molecule has 1 fully saturated rings. The minimum Gasteiger partial charge on any atom is -0.387 e. The van der Waals surface area contributed by atoms with E-state index >= 15 is 0 Å². The van der Waals surface area contributed by atoms with Crippen LogP contribution in [-0.4, -0.2) is 64.4 Å². The van der Waals surface area contributed by atoms with E-state index in [-0.39, 0.29) is 17.0 Å². The maximum absolute atomic E-state index is 12.8. The predicted molar refractivity (Wildman–Crippen MR) is 76.9 cm³/mol. The molecular weight excluding hydrogens is 366 g/mol. The highest BCUT2D eigenvalue weighted by atomic mass is 31.2. The van der Waals surface area contributed by atoms with E-state index in [0.717, 1.165) is 10.9 Å². The molecule has 25 heavy (non-hydrogen) atoms. The van der Waals surface area contributed by atoms with Crippen molar-refractivity contribution in [1.82, 2.24) is 19.5 Å². The van der Waals surface area contributed by atoms with Crippen molar-refractivity contribution < 1.29 is 38.2 Å². The van der Waals surface area contributed by atoms with Gasteiger partial charge in [0.2, 0.25) is 0 Å². The quantitative estimate of drug-likeness (QED) is 0.376. The lowest BCUT2D eigenvalue weighted by Gasteiger charge is -2.16. The number of phosphoric ester groups is 1. The Kier molecular flexibility index (Phi) is 4.72. The predicted octanol–water partition coefficient (Wildman–Crippen LogP) is -1.68. The third-order valence-electron chi connectivity index (χ3n) is 3.63. The molecule has 1 saturated heterocycles. The molecule has 0 spiro atoms. The number of H-pyrrole nitrogens is 1. The number of hydrogen-bond donors (Lipinski definition) is 5. The summed E-state index contributed by atoms with van der Waals surface area (Å²) in [5.41, 5.74) is -0.896. The fourth-order valence-electron chi connectivity index (χ4n) is 2.49. The number of ether oxygens (including phenoxy) is 1. The Labute approximate surface area is 138 Å². The van der Waals surface area contributed by atoms with E-state index in [2.05, 4.69) is 19.5 Å². The van der Waals surface area contributed by atoms with Gasteiger partial charge < -0.3 is 29.7 Å². The Balaban J connectivity index is 1.91. The third kappa shape index (κ3) is 3.48. The molecule has 0 bridgehead atoms. The summed E-state index contributed by atoms with van der Waals surface area (Å²) < 4.78 is 34.3. The number of hydrogen-bond acceptors (Lipinski definition) is 8. The molecule has 0 amide bonds. The summed E-state index contributed by atoms with van der Waals surface area (Å²) in [6.07, 6.45) is -4.48. The van der Waals surface area contributed by atoms with Gasteiger partial charge in [0.05, 0.1) is 12.9 Å². The van der Waals surface area contributed by atoms with Gasteiger partial charge in [0, 0.05) is 0 Å². The van der Waals surface area contributed by atoms with Crippen molar-refractivity contribution in [2.75, 3.05) is 6.61 Å². The number of fused-ring (bicyclic) bond motifs is 1. The summed E-state index contributed by atoms with van der Waals surface area (Å²) in [5, 5.41) is 20.1. The lowest BCUT2D eigenvalue weighted by atomic mass is 10.1. The molecule has 1 aliphatic rings. The van der Waals surface area contributed by atoms with Crippen molar-refractivity contribution in [1.29, 1.82) is 0 Å². The number of nitrogens with one attached hydrogen (secondary N) is 1. The van der Waals surface area contributed by atoms with Gasteiger partial charge in [-0.05, 0) is 0 Å². The van der Waals surface area contributed by atoms with Crippen LogP contribution in [0.4, 0.5) is 4.39 Å². The van der Waals surface area contributed by atoms with Gasteiger partial charge in [-0.2, -0.15) is 0 Å². The monoisotopic (exact) mass is 380 g/mol. The molecule has 4 atom stereocenters. The number of imidazole rings is 1. The average molecular weight is 380 g/mol. The van der Waals surface area contributed by atoms with Crippen molar-refractivity contribution >= 4 is 19.0 Å². The first-order chi connectivity index (χ1) is 11.7. The molecular formula is C11H14FN4O8P. The van der Waals surface area contributed by atoms with E-state index in [9.17, 15) is 24.0 Å². The Morgan fingerprint density at radius 3 is 2.76 bits per heavy atom. The Hall–Kier alpha value is -1.73. The molecule has 3 heterocycles. The highest BCUT2D eigenvalue weighted by Gasteiger charge is 2.45. The van der Waals surface area contributed by atoms with Gasteiger partial charge in [-0.15, -0.1) is 0 Å². The van der Waals surface area contributed by atoms with Gasteiger partial charge in [0.15, 0.2) is 17.4 Å². The molecule has 5 N–H and O–H groups in total. The zero-order chi connectivity index (χ0) is 18.4. The molecule has 14 heteroatoms. The number of aliphatic hydroxyl groups is 2. The summed E-state index contributed by atoms with van der Waals surface area (Å²) in [4.78, 5) is 39.1. The minimum absolute atomic E-state index is 0.0794. The smallest absolute Gasteiger partial charge is 0.387 e.